The number of carbonyl (C=O) groups excluding carboxylic acids is 1. The first kappa shape index (κ1) is 11.3. The van der Waals surface area contributed by atoms with Crippen molar-refractivity contribution in [1.82, 2.24) is 15.1 Å². The van der Waals surface area contributed by atoms with Crippen LogP contribution < -0.4 is 5.73 Å². The lowest BCUT2D eigenvalue weighted by molar-refractivity contribution is -0.128. The smallest absolute Gasteiger partial charge is 0.223 e. The van der Waals surface area contributed by atoms with Gasteiger partial charge >= 0.3 is 0 Å². The van der Waals surface area contributed by atoms with Crippen LogP contribution in [0.25, 0.3) is 0 Å². The lowest BCUT2D eigenvalue weighted by Gasteiger charge is -2.14. The molecule has 1 unspecified atom stereocenters. The fourth-order valence-electron chi connectivity index (χ4n) is 2.10. The molecule has 0 bridgehead atoms. The highest BCUT2D eigenvalue weighted by Gasteiger charge is 2.29. The molecule has 1 atom stereocenters. The second kappa shape index (κ2) is 4.78. The Morgan fingerprint density at radius 3 is 3.00 bits per heavy atom. The first-order valence-electron chi connectivity index (χ1n) is 5.54. The van der Waals surface area contributed by atoms with Crippen molar-refractivity contribution in [2.45, 2.75) is 32.7 Å². The van der Waals surface area contributed by atoms with Gasteiger partial charge in [-0.25, -0.2) is 0 Å². The molecule has 0 spiro atoms. The van der Waals surface area contributed by atoms with Crippen molar-refractivity contribution in [1.29, 1.82) is 0 Å². The molecule has 1 aromatic heterocycles. The van der Waals surface area contributed by atoms with Crippen molar-refractivity contribution in [3.8, 4) is 0 Å². The van der Waals surface area contributed by atoms with Crippen LogP contribution in [0, 0.1) is 5.92 Å². The largest absolute Gasteiger partial charge is 0.374 e. The van der Waals surface area contributed by atoms with Crippen LogP contribution in [-0.4, -0.2) is 27.5 Å². The third-order valence-electron chi connectivity index (χ3n) is 2.80. The Labute approximate surface area is 98.7 Å². The Kier molecular flexibility index (Phi) is 3.38. The number of anilines is 1. The summed E-state index contributed by atoms with van der Waals surface area (Å²) in [4.78, 5) is 13.6. The van der Waals surface area contributed by atoms with Crippen molar-refractivity contribution in [3.63, 3.8) is 0 Å². The molecule has 0 aliphatic carbocycles. The van der Waals surface area contributed by atoms with Gasteiger partial charge in [0.15, 0.2) is 0 Å². The molecule has 0 radical (unpaired) electrons. The maximum absolute atomic E-state index is 11.7. The lowest BCUT2D eigenvalue weighted by Crippen LogP contribution is -2.24. The number of hydrogen-bond donors (Lipinski definition) is 1. The molecule has 1 amide bonds. The zero-order chi connectivity index (χ0) is 11.5. The summed E-state index contributed by atoms with van der Waals surface area (Å²) in [5, 5.41) is 8.97. The van der Waals surface area contributed by atoms with Gasteiger partial charge in [-0.2, -0.15) is 0 Å². The van der Waals surface area contributed by atoms with Crippen molar-refractivity contribution in [2.24, 2.45) is 5.92 Å². The molecule has 1 fully saturated rings. The molecule has 2 rings (SSSR count). The lowest BCUT2D eigenvalue weighted by atomic mass is 10.0. The van der Waals surface area contributed by atoms with Crippen LogP contribution in [0.15, 0.2) is 0 Å². The van der Waals surface area contributed by atoms with E-state index in [1.165, 1.54) is 11.3 Å². The monoisotopic (exact) mass is 240 g/mol. The van der Waals surface area contributed by atoms with E-state index >= 15 is 0 Å². The summed E-state index contributed by atoms with van der Waals surface area (Å²) < 4.78 is 0. The minimum absolute atomic E-state index is 0.229. The standard InChI is InChI=1S/C10H16N4OS/c1-2-3-7-4-9(15)14(5-7)6-8-12-13-10(11)16-8/h7H,2-6H2,1H3,(H2,11,13). The summed E-state index contributed by atoms with van der Waals surface area (Å²) in [6.45, 7) is 3.57. The summed E-state index contributed by atoms with van der Waals surface area (Å²) in [6, 6.07) is 0. The van der Waals surface area contributed by atoms with Crippen LogP contribution in [0.5, 0.6) is 0 Å². The van der Waals surface area contributed by atoms with Gasteiger partial charge in [0, 0.05) is 13.0 Å². The van der Waals surface area contributed by atoms with Gasteiger partial charge in [-0.05, 0) is 12.3 Å². The van der Waals surface area contributed by atoms with Crippen LogP contribution in [0.1, 0.15) is 31.2 Å². The molecule has 2 N–H and O–H groups in total. The molecular formula is C10H16N4OS. The average Bonchev–Trinajstić information content (AvgIpc) is 2.76. The second-order valence-electron chi connectivity index (χ2n) is 4.17. The molecule has 1 saturated heterocycles. The quantitative estimate of drug-likeness (QED) is 0.860. The van der Waals surface area contributed by atoms with E-state index < -0.39 is 0 Å². The molecule has 1 aliphatic heterocycles. The van der Waals surface area contributed by atoms with Gasteiger partial charge < -0.3 is 10.6 Å². The Hall–Kier alpha value is -1.17. The molecule has 0 aromatic carbocycles. The van der Waals surface area contributed by atoms with E-state index in [0.29, 0.717) is 24.0 Å². The zero-order valence-corrected chi connectivity index (χ0v) is 10.2. The summed E-state index contributed by atoms with van der Waals surface area (Å²) in [6.07, 6.45) is 2.94. The summed E-state index contributed by atoms with van der Waals surface area (Å²) in [5.41, 5.74) is 5.50. The van der Waals surface area contributed by atoms with Crippen LogP contribution in [0.3, 0.4) is 0 Å². The maximum Gasteiger partial charge on any atom is 0.223 e. The topological polar surface area (TPSA) is 72.1 Å². The molecule has 0 saturated carbocycles. The van der Waals surface area contributed by atoms with Gasteiger partial charge in [-0.1, -0.05) is 24.7 Å². The first-order valence-corrected chi connectivity index (χ1v) is 6.36. The number of carbonyl (C=O) groups is 1. The van der Waals surface area contributed by atoms with E-state index in [4.69, 9.17) is 5.73 Å². The average molecular weight is 240 g/mol. The van der Waals surface area contributed by atoms with Crippen LogP contribution in [-0.2, 0) is 11.3 Å². The molecule has 6 heteroatoms. The van der Waals surface area contributed by atoms with Gasteiger partial charge in [-0.3, -0.25) is 4.79 Å². The number of aromatic nitrogens is 2. The van der Waals surface area contributed by atoms with Gasteiger partial charge in [0.05, 0.1) is 6.54 Å². The minimum Gasteiger partial charge on any atom is -0.374 e. The van der Waals surface area contributed by atoms with Crippen LogP contribution >= 0.6 is 11.3 Å². The zero-order valence-electron chi connectivity index (χ0n) is 9.35. The van der Waals surface area contributed by atoms with E-state index in [0.717, 1.165) is 24.4 Å². The first-order chi connectivity index (χ1) is 7.69. The number of nitrogens with two attached hydrogens (primary N) is 1. The summed E-state index contributed by atoms with van der Waals surface area (Å²) in [5.74, 6) is 0.745. The highest BCUT2D eigenvalue weighted by molar-refractivity contribution is 7.15. The molecule has 1 aromatic rings. The Bertz CT molecular complexity index is 379. The predicted octanol–water partition coefficient (Wildman–Crippen LogP) is 1.27. The number of amides is 1. The number of hydrogen-bond acceptors (Lipinski definition) is 5. The number of likely N-dealkylation sites (tertiary alicyclic amines) is 1. The van der Waals surface area contributed by atoms with E-state index in [1.54, 1.807) is 0 Å². The Balaban J connectivity index is 1.93. The van der Waals surface area contributed by atoms with E-state index in [-0.39, 0.29) is 5.91 Å². The van der Waals surface area contributed by atoms with Crippen molar-refractivity contribution < 1.29 is 4.79 Å². The van der Waals surface area contributed by atoms with E-state index in [1.807, 2.05) is 4.90 Å². The summed E-state index contributed by atoms with van der Waals surface area (Å²) in [7, 11) is 0. The third-order valence-corrected chi connectivity index (χ3v) is 3.54. The van der Waals surface area contributed by atoms with Gasteiger partial charge in [0.2, 0.25) is 11.0 Å². The van der Waals surface area contributed by atoms with Gasteiger partial charge in [0.25, 0.3) is 0 Å². The normalized spacial score (nSPS) is 20.7. The van der Waals surface area contributed by atoms with E-state index in [9.17, 15) is 4.79 Å². The van der Waals surface area contributed by atoms with Gasteiger partial charge in [-0.15, -0.1) is 10.2 Å². The van der Waals surface area contributed by atoms with Crippen molar-refractivity contribution >= 4 is 22.4 Å². The molecular weight excluding hydrogens is 224 g/mol. The third kappa shape index (κ3) is 2.49. The molecule has 16 heavy (non-hydrogen) atoms. The predicted molar refractivity (Wildman–Crippen MR) is 62.8 cm³/mol. The Morgan fingerprint density at radius 1 is 1.56 bits per heavy atom. The summed E-state index contributed by atoms with van der Waals surface area (Å²) >= 11 is 1.35. The number of nitrogen functional groups attached to an aromatic ring is 1. The molecule has 1 aliphatic rings. The van der Waals surface area contributed by atoms with Crippen LogP contribution in [0.2, 0.25) is 0 Å². The Morgan fingerprint density at radius 2 is 2.38 bits per heavy atom. The highest BCUT2D eigenvalue weighted by atomic mass is 32.1. The maximum atomic E-state index is 11.7. The molecule has 2 heterocycles. The fraction of sp³-hybridized carbons (Fsp3) is 0.700. The second-order valence-corrected chi connectivity index (χ2v) is 5.26. The molecule has 88 valence electrons. The van der Waals surface area contributed by atoms with E-state index in [2.05, 4.69) is 17.1 Å². The SMILES string of the molecule is CCCC1CC(=O)N(Cc2nnc(N)s2)C1. The fourth-order valence-corrected chi connectivity index (χ4v) is 2.73. The number of nitrogens with zero attached hydrogens (tertiary/aromatic N) is 3. The van der Waals surface area contributed by atoms with Crippen LogP contribution in [0.4, 0.5) is 5.13 Å². The highest BCUT2D eigenvalue weighted by Crippen LogP contribution is 2.24. The minimum atomic E-state index is 0.229. The number of rotatable bonds is 4. The van der Waals surface area contributed by atoms with Crippen molar-refractivity contribution in [2.75, 3.05) is 12.3 Å². The van der Waals surface area contributed by atoms with Gasteiger partial charge in [0.1, 0.15) is 5.01 Å². The molecule has 5 nitrogen and oxygen atoms in total. The van der Waals surface area contributed by atoms with Crippen molar-refractivity contribution in [3.05, 3.63) is 5.01 Å².